The smallest absolute Gasteiger partial charge is 0.238 e. The second kappa shape index (κ2) is 16.1. The van der Waals surface area contributed by atoms with Gasteiger partial charge >= 0.3 is 0 Å². The van der Waals surface area contributed by atoms with Crippen molar-refractivity contribution in [2.45, 2.75) is 13.5 Å². The zero-order valence-corrected chi connectivity index (χ0v) is 18.5. The molecule has 0 radical (unpaired) electrons. The predicted molar refractivity (Wildman–Crippen MR) is 129 cm³/mol. The first-order chi connectivity index (χ1) is 15.6. The quantitative estimate of drug-likeness (QED) is 0.220. The Balaban J connectivity index is 3.21. The summed E-state index contributed by atoms with van der Waals surface area (Å²) < 4.78 is 12.0. The molecule has 0 aromatic heterocycles. The minimum Gasteiger partial charge on any atom is -0.485 e. The molecule has 0 aliphatic heterocycles. The molecule has 0 heterocycles. The Hall–Kier alpha value is -3.61. The first kappa shape index (κ1) is 26.4. The Morgan fingerprint density at radius 1 is 1.06 bits per heavy atom. The fourth-order valence-electron chi connectivity index (χ4n) is 2.43. The molecule has 170 valence electrons. The lowest BCUT2D eigenvalue weighted by atomic mass is 10.2. The summed E-state index contributed by atoms with van der Waals surface area (Å²) >= 11 is 0. The third-order valence-corrected chi connectivity index (χ3v) is 3.90. The molecule has 0 saturated carbocycles. The number of allylic oxidation sites excluding steroid dienone is 7. The van der Waals surface area contributed by atoms with Crippen LogP contribution in [-0.2, 0) is 20.9 Å². The van der Waals surface area contributed by atoms with Crippen molar-refractivity contribution >= 4 is 5.91 Å². The van der Waals surface area contributed by atoms with Crippen molar-refractivity contribution in [2.75, 3.05) is 19.7 Å². The molecule has 0 bridgehead atoms. The van der Waals surface area contributed by atoms with Crippen LogP contribution in [0.25, 0.3) is 0 Å². The van der Waals surface area contributed by atoms with Gasteiger partial charge in [-0.05, 0) is 36.8 Å². The number of benzene rings is 1. The largest absolute Gasteiger partial charge is 0.485 e. The van der Waals surface area contributed by atoms with Crippen LogP contribution in [-0.4, -0.2) is 30.7 Å². The molecule has 0 aliphatic rings. The maximum Gasteiger partial charge on any atom is 0.238 e. The van der Waals surface area contributed by atoms with Gasteiger partial charge in [0.1, 0.15) is 6.61 Å². The normalized spacial score (nSPS) is 12.7. The molecule has 3 N–H and O–H groups in total. The molecular weight excluding hydrogens is 404 g/mol. The van der Waals surface area contributed by atoms with E-state index in [4.69, 9.17) is 14.6 Å². The average molecular weight is 437 g/mol. The molecule has 0 aliphatic carbocycles. The molecule has 1 rings (SSSR count). The van der Waals surface area contributed by atoms with E-state index in [1.165, 1.54) is 6.08 Å². The first-order valence-corrected chi connectivity index (χ1v) is 10.2. The number of aliphatic hydroxyl groups is 1. The van der Waals surface area contributed by atoms with Gasteiger partial charge in [0.05, 0.1) is 18.8 Å². The second-order valence-corrected chi connectivity index (χ2v) is 6.33. The predicted octanol–water partition coefficient (Wildman–Crippen LogP) is 4.03. The van der Waals surface area contributed by atoms with E-state index in [9.17, 15) is 4.79 Å². The highest BCUT2D eigenvalue weighted by molar-refractivity contribution is 5.80. The number of carbonyl (C=O) groups is 1. The average Bonchev–Trinajstić information content (AvgIpc) is 2.81. The summed E-state index contributed by atoms with van der Waals surface area (Å²) in [4.78, 5) is 12.2. The molecule has 1 aromatic rings. The Morgan fingerprint density at radius 2 is 1.81 bits per heavy atom. The molecule has 6 heteroatoms. The van der Waals surface area contributed by atoms with Crippen molar-refractivity contribution in [1.82, 2.24) is 10.6 Å². The maximum atomic E-state index is 12.2. The van der Waals surface area contributed by atoms with Crippen LogP contribution >= 0.6 is 0 Å². The Kier molecular flexibility index (Phi) is 13.3. The summed E-state index contributed by atoms with van der Waals surface area (Å²) in [5.74, 6) is 0.879. The third kappa shape index (κ3) is 9.93. The molecule has 6 nitrogen and oxygen atoms in total. The van der Waals surface area contributed by atoms with E-state index in [2.05, 4.69) is 30.4 Å². The van der Waals surface area contributed by atoms with Gasteiger partial charge in [-0.3, -0.25) is 4.79 Å². The highest BCUT2D eigenvalue weighted by Gasteiger charge is 2.12. The lowest BCUT2D eigenvalue weighted by Gasteiger charge is -2.16. The molecule has 0 atom stereocenters. The van der Waals surface area contributed by atoms with Crippen molar-refractivity contribution in [3.8, 4) is 0 Å². The van der Waals surface area contributed by atoms with Gasteiger partial charge in [-0.15, -0.1) is 0 Å². The molecule has 1 aromatic carbocycles. The number of amides is 1. The summed E-state index contributed by atoms with van der Waals surface area (Å²) in [6.07, 6.45) is 11.6. The standard InChI is InChI=1S/C26H32N2O4/c1-5-9-16-25(23(8-4)31-20-21-14-11-10-12-15-21)32-24(13-6-2)22(7-3)28-26(30)19-27-17-18-29/h5-16,27,29H,1,3-4,17-20H2,2H3,(H,28,30)/b13-6-,16-9-,24-22-,25-23-. The van der Waals surface area contributed by atoms with Crippen molar-refractivity contribution in [3.63, 3.8) is 0 Å². The van der Waals surface area contributed by atoms with Gasteiger partial charge in [-0.1, -0.05) is 68.3 Å². The number of rotatable bonds is 15. The fourth-order valence-corrected chi connectivity index (χ4v) is 2.43. The molecule has 32 heavy (non-hydrogen) atoms. The summed E-state index contributed by atoms with van der Waals surface area (Å²) in [5.41, 5.74) is 1.38. The molecular formula is C26H32N2O4. The van der Waals surface area contributed by atoms with Crippen molar-refractivity contribution in [2.24, 2.45) is 0 Å². The van der Waals surface area contributed by atoms with E-state index < -0.39 is 0 Å². The van der Waals surface area contributed by atoms with Gasteiger partial charge in [-0.25, -0.2) is 0 Å². The minimum absolute atomic E-state index is 0.0399. The molecule has 0 fully saturated rings. The van der Waals surface area contributed by atoms with E-state index in [0.717, 1.165) is 5.56 Å². The number of hydrogen-bond donors (Lipinski definition) is 3. The van der Waals surface area contributed by atoms with Gasteiger partial charge in [0.25, 0.3) is 0 Å². The van der Waals surface area contributed by atoms with Gasteiger partial charge in [-0.2, -0.15) is 0 Å². The van der Waals surface area contributed by atoms with Crippen molar-refractivity contribution in [3.05, 3.63) is 121 Å². The molecule has 0 unspecified atom stereocenters. The number of ether oxygens (including phenoxy) is 2. The molecule has 1 amide bonds. The summed E-state index contributed by atoms with van der Waals surface area (Å²) in [6, 6.07) is 9.73. The van der Waals surface area contributed by atoms with Gasteiger partial charge in [0, 0.05) is 6.54 Å². The minimum atomic E-state index is -0.296. The Labute approximate surface area is 190 Å². The SMILES string of the molecule is C=C/C=C\C(OC(/C=C\C)=C(/C=C)NC(=O)CNCCO)=C(/C=C)OCc1ccccc1. The second-order valence-electron chi connectivity index (χ2n) is 6.33. The molecule has 0 saturated heterocycles. The van der Waals surface area contributed by atoms with Gasteiger partial charge in [0.15, 0.2) is 17.3 Å². The van der Waals surface area contributed by atoms with E-state index >= 15 is 0 Å². The summed E-state index contributed by atoms with van der Waals surface area (Å²) in [7, 11) is 0. The number of hydrogen-bond acceptors (Lipinski definition) is 5. The van der Waals surface area contributed by atoms with Crippen LogP contribution in [0.3, 0.4) is 0 Å². The van der Waals surface area contributed by atoms with Crippen LogP contribution in [0.1, 0.15) is 12.5 Å². The highest BCUT2D eigenvalue weighted by atomic mass is 16.5. The van der Waals surface area contributed by atoms with Crippen LogP contribution in [0.5, 0.6) is 0 Å². The first-order valence-electron chi connectivity index (χ1n) is 10.2. The van der Waals surface area contributed by atoms with E-state index in [-0.39, 0.29) is 19.1 Å². The van der Waals surface area contributed by atoms with E-state index in [1.54, 1.807) is 36.5 Å². The van der Waals surface area contributed by atoms with Crippen LogP contribution in [0.15, 0.2) is 116 Å². The van der Waals surface area contributed by atoms with Crippen molar-refractivity contribution in [1.29, 1.82) is 0 Å². The van der Waals surface area contributed by atoms with Gasteiger partial charge in [0.2, 0.25) is 5.91 Å². The highest BCUT2D eigenvalue weighted by Crippen LogP contribution is 2.20. The lowest BCUT2D eigenvalue weighted by Crippen LogP contribution is -2.34. The monoisotopic (exact) mass is 436 g/mol. The van der Waals surface area contributed by atoms with Crippen LogP contribution < -0.4 is 10.6 Å². The Bertz CT molecular complexity index is 880. The number of nitrogens with one attached hydrogen (secondary N) is 2. The molecule has 0 spiro atoms. The zero-order valence-electron chi connectivity index (χ0n) is 18.5. The number of carbonyl (C=O) groups excluding carboxylic acids is 1. The lowest BCUT2D eigenvalue weighted by molar-refractivity contribution is -0.119. The summed E-state index contributed by atoms with van der Waals surface area (Å²) in [5, 5.41) is 14.4. The maximum absolute atomic E-state index is 12.2. The van der Waals surface area contributed by atoms with Crippen LogP contribution in [0.2, 0.25) is 0 Å². The Morgan fingerprint density at radius 3 is 2.41 bits per heavy atom. The third-order valence-electron chi connectivity index (χ3n) is 3.90. The van der Waals surface area contributed by atoms with Gasteiger partial charge < -0.3 is 25.2 Å². The fraction of sp³-hybridized carbons (Fsp3) is 0.192. The topological polar surface area (TPSA) is 79.8 Å². The van der Waals surface area contributed by atoms with Crippen LogP contribution in [0.4, 0.5) is 0 Å². The van der Waals surface area contributed by atoms with E-state index in [1.807, 2.05) is 37.3 Å². The zero-order chi connectivity index (χ0) is 23.6. The van der Waals surface area contributed by atoms with Crippen LogP contribution in [0, 0.1) is 0 Å². The van der Waals surface area contributed by atoms with Crippen molar-refractivity contribution < 1.29 is 19.4 Å². The number of aliphatic hydroxyl groups excluding tert-OH is 1. The summed E-state index contributed by atoms with van der Waals surface area (Å²) in [6.45, 7) is 13.8. The van der Waals surface area contributed by atoms with E-state index in [0.29, 0.717) is 36.1 Å².